The Bertz CT molecular complexity index is 1160. The van der Waals surface area contributed by atoms with Crippen LogP contribution in [0.4, 0.5) is 5.82 Å². The van der Waals surface area contributed by atoms with Crippen molar-refractivity contribution < 1.29 is 0 Å². The average Bonchev–Trinajstić information content (AvgIpc) is 2.78. The molecule has 0 bridgehead atoms. The monoisotopic (exact) mass is 396 g/mol. The first-order chi connectivity index (χ1) is 14.7. The summed E-state index contributed by atoms with van der Waals surface area (Å²) in [4.78, 5) is 25.0. The number of piperidine rings is 1. The molecule has 0 amide bonds. The highest BCUT2D eigenvalue weighted by Crippen LogP contribution is 2.30. The van der Waals surface area contributed by atoms with Gasteiger partial charge in [0.2, 0.25) is 0 Å². The zero-order valence-corrected chi connectivity index (χ0v) is 17.3. The van der Waals surface area contributed by atoms with Gasteiger partial charge in [-0.3, -0.25) is 4.98 Å². The summed E-state index contributed by atoms with van der Waals surface area (Å²) >= 11 is 0. The van der Waals surface area contributed by atoms with Gasteiger partial charge < -0.3 is 4.90 Å². The van der Waals surface area contributed by atoms with Crippen molar-refractivity contribution in [3.05, 3.63) is 72.2 Å². The summed E-state index contributed by atoms with van der Waals surface area (Å²) in [5.74, 6) is 2.33. The number of aromatic nitrogens is 5. The number of hydrogen-bond acceptors (Lipinski definition) is 6. The normalized spacial score (nSPS) is 14.9. The third-order valence-corrected chi connectivity index (χ3v) is 5.77. The van der Waals surface area contributed by atoms with Crippen LogP contribution in [0.15, 0.2) is 55.0 Å². The summed E-state index contributed by atoms with van der Waals surface area (Å²) in [5, 5.41) is 1.07. The summed E-state index contributed by atoms with van der Waals surface area (Å²) < 4.78 is 0. The van der Waals surface area contributed by atoms with Crippen molar-refractivity contribution in [2.45, 2.75) is 32.6 Å². The molecule has 6 nitrogen and oxygen atoms in total. The van der Waals surface area contributed by atoms with Crippen molar-refractivity contribution in [2.75, 3.05) is 18.0 Å². The van der Waals surface area contributed by atoms with Crippen molar-refractivity contribution in [3.8, 4) is 11.1 Å². The Kier molecular flexibility index (Phi) is 4.83. The van der Waals surface area contributed by atoms with E-state index in [2.05, 4.69) is 49.1 Å². The lowest BCUT2D eigenvalue weighted by Gasteiger charge is -2.32. The number of hydrogen-bond donors (Lipinski definition) is 0. The van der Waals surface area contributed by atoms with Gasteiger partial charge >= 0.3 is 0 Å². The quantitative estimate of drug-likeness (QED) is 0.508. The molecule has 0 radical (unpaired) electrons. The molecule has 1 saturated heterocycles. The first-order valence-electron chi connectivity index (χ1n) is 10.4. The number of anilines is 1. The molecule has 1 aliphatic heterocycles. The van der Waals surface area contributed by atoms with Crippen LogP contribution in [-0.2, 0) is 0 Å². The Morgan fingerprint density at radius 2 is 1.67 bits per heavy atom. The molecule has 5 heterocycles. The number of pyridine rings is 3. The van der Waals surface area contributed by atoms with Gasteiger partial charge in [-0.05, 0) is 62.6 Å². The molecular formula is C24H24N6. The van der Waals surface area contributed by atoms with Crippen LogP contribution >= 0.6 is 0 Å². The molecule has 0 N–H and O–H groups in total. The van der Waals surface area contributed by atoms with Crippen molar-refractivity contribution in [3.63, 3.8) is 0 Å². The minimum Gasteiger partial charge on any atom is -0.356 e. The first kappa shape index (κ1) is 18.6. The lowest BCUT2D eigenvalue weighted by molar-refractivity contribution is 0.494. The van der Waals surface area contributed by atoms with E-state index in [-0.39, 0.29) is 0 Å². The van der Waals surface area contributed by atoms with Crippen LogP contribution in [0.25, 0.3) is 22.2 Å². The maximum atomic E-state index is 4.89. The molecule has 4 aromatic heterocycles. The van der Waals surface area contributed by atoms with E-state index in [9.17, 15) is 0 Å². The number of aryl methyl sites for hydroxylation is 2. The largest absolute Gasteiger partial charge is 0.356 e. The summed E-state index contributed by atoms with van der Waals surface area (Å²) in [6.45, 7) is 5.94. The SMILES string of the molecule is Cc1cc(N2CCC(c3ccc4cc(-c5ccncc5)cnc4n3)CC2)nc(C)n1. The Balaban J connectivity index is 1.33. The van der Waals surface area contributed by atoms with Gasteiger partial charge in [-0.25, -0.2) is 19.9 Å². The van der Waals surface area contributed by atoms with Gasteiger partial charge in [-0.1, -0.05) is 0 Å². The topological polar surface area (TPSA) is 67.7 Å². The van der Waals surface area contributed by atoms with Crippen LogP contribution in [0.2, 0.25) is 0 Å². The second-order valence-electron chi connectivity index (χ2n) is 7.92. The van der Waals surface area contributed by atoms with E-state index in [1.54, 1.807) is 12.4 Å². The number of nitrogens with zero attached hydrogens (tertiary/aromatic N) is 6. The standard InChI is InChI=1S/C24H24N6/c1-16-13-23(28-17(2)27-16)30-11-7-19(8-12-30)22-4-3-20-14-21(15-26-24(20)29-22)18-5-9-25-10-6-18/h3-6,9-10,13-15,19H,7-8,11-12H2,1-2H3. The highest BCUT2D eigenvalue weighted by Gasteiger charge is 2.23. The molecule has 0 atom stereocenters. The van der Waals surface area contributed by atoms with Gasteiger partial charge in [0.15, 0.2) is 5.65 Å². The van der Waals surface area contributed by atoms with Gasteiger partial charge in [0.25, 0.3) is 0 Å². The smallest absolute Gasteiger partial charge is 0.159 e. The molecule has 0 unspecified atom stereocenters. The van der Waals surface area contributed by atoms with Gasteiger partial charge in [0.05, 0.1) is 0 Å². The Morgan fingerprint density at radius 3 is 2.43 bits per heavy atom. The van der Waals surface area contributed by atoms with E-state index in [1.807, 2.05) is 32.2 Å². The second kappa shape index (κ2) is 7.78. The van der Waals surface area contributed by atoms with Gasteiger partial charge in [0.1, 0.15) is 11.6 Å². The molecule has 5 rings (SSSR count). The molecule has 0 aliphatic carbocycles. The van der Waals surface area contributed by atoms with E-state index in [1.165, 1.54) is 0 Å². The van der Waals surface area contributed by atoms with Crippen LogP contribution in [0.5, 0.6) is 0 Å². The van der Waals surface area contributed by atoms with E-state index >= 15 is 0 Å². The van der Waals surface area contributed by atoms with E-state index in [0.717, 1.165) is 71.1 Å². The van der Waals surface area contributed by atoms with Crippen molar-refractivity contribution in [1.82, 2.24) is 24.9 Å². The molecule has 1 aliphatic rings. The third kappa shape index (κ3) is 3.73. The Hall–Kier alpha value is -3.41. The number of rotatable bonds is 3. The van der Waals surface area contributed by atoms with E-state index < -0.39 is 0 Å². The predicted molar refractivity (Wildman–Crippen MR) is 118 cm³/mol. The summed E-state index contributed by atoms with van der Waals surface area (Å²) in [7, 11) is 0. The molecule has 0 saturated carbocycles. The Labute approximate surface area is 176 Å². The van der Waals surface area contributed by atoms with Gasteiger partial charge in [-0.15, -0.1) is 0 Å². The van der Waals surface area contributed by atoms with Gasteiger partial charge in [0, 0.05) is 66.0 Å². The van der Waals surface area contributed by atoms with Crippen LogP contribution < -0.4 is 4.90 Å². The fourth-order valence-corrected chi connectivity index (χ4v) is 4.22. The molecule has 0 aromatic carbocycles. The van der Waals surface area contributed by atoms with Crippen molar-refractivity contribution in [1.29, 1.82) is 0 Å². The fraction of sp³-hybridized carbons (Fsp3) is 0.292. The van der Waals surface area contributed by atoms with Gasteiger partial charge in [-0.2, -0.15) is 0 Å². The zero-order chi connectivity index (χ0) is 20.5. The summed E-state index contributed by atoms with van der Waals surface area (Å²) in [6, 6.07) is 12.5. The lowest BCUT2D eigenvalue weighted by Crippen LogP contribution is -2.34. The Morgan fingerprint density at radius 1 is 0.867 bits per heavy atom. The van der Waals surface area contributed by atoms with Crippen LogP contribution in [0.3, 0.4) is 0 Å². The first-order valence-corrected chi connectivity index (χ1v) is 10.4. The number of fused-ring (bicyclic) bond motifs is 1. The maximum absolute atomic E-state index is 4.89. The summed E-state index contributed by atoms with van der Waals surface area (Å²) in [5.41, 5.74) is 5.18. The van der Waals surface area contributed by atoms with Crippen LogP contribution in [0.1, 0.15) is 36.0 Å². The fourth-order valence-electron chi connectivity index (χ4n) is 4.22. The maximum Gasteiger partial charge on any atom is 0.159 e. The minimum absolute atomic E-state index is 0.455. The van der Waals surface area contributed by atoms with Crippen LogP contribution in [-0.4, -0.2) is 38.0 Å². The molecule has 4 aromatic rings. The molecular weight excluding hydrogens is 372 g/mol. The third-order valence-electron chi connectivity index (χ3n) is 5.77. The summed E-state index contributed by atoms with van der Waals surface area (Å²) in [6.07, 6.45) is 7.64. The van der Waals surface area contributed by atoms with E-state index in [0.29, 0.717) is 5.92 Å². The zero-order valence-electron chi connectivity index (χ0n) is 17.3. The molecule has 6 heteroatoms. The highest BCUT2D eigenvalue weighted by atomic mass is 15.2. The minimum atomic E-state index is 0.455. The molecule has 1 fully saturated rings. The second-order valence-corrected chi connectivity index (χ2v) is 7.92. The average molecular weight is 396 g/mol. The van der Waals surface area contributed by atoms with Crippen molar-refractivity contribution >= 4 is 16.9 Å². The molecule has 0 spiro atoms. The molecule has 30 heavy (non-hydrogen) atoms. The van der Waals surface area contributed by atoms with Crippen molar-refractivity contribution in [2.24, 2.45) is 0 Å². The molecule has 150 valence electrons. The highest BCUT2D eigenvalue weighted by molar-refractivity contribution is 5.80. The van der Waals surface area contributed by atoms with E-state index in [4.69, 9.17) is 4.98 Å². The predicted octanol–water partition coefficient (Wildman–Crippen LogP) is 4.48. The lowest BCUT2D eigenvalue weighted by atomic mass is 9.92. The van der Waals surface area contributed by atoms with Crippen LogP contribution in [0, 0.1) is 13.8 Å².